The predicted molar refractivity (Wildman–Crippen MR) is 68.3 cm³/mol. The molecule has 0 aliphatic carbocycles. The molecule has 1 aromatic rings. The number of hydrogen-bond acceptors (Lipinski definition) is 2. The van der Waals surface area contributed by atoms with E-state index in [4.69, 9.17) is 5.73 Å². The van der Waals surface area contributed by atoms with E-state index in [2.05, 4.69) is 22.0 Å². The predicted octanol–water partition coefficient (Wildman–Crippen LogP) is 3.27. The summed E-state index contributed by atoms with van der Waals surface area (Å²) in [5.74, 6) is 0.00300. The molecule has 0 aromatic heterocycles. The molecule has 0 amide bonds. The second-order valence-electron chi connectivity index (χ2n) is 3.28. The Hall–Kier alpha value is -1.09. The first kappa shape index (κ1) is 12.0. The van der Waals surface area contributed by atoms with Crippen LogP contribution in [0.3, 0.4) is 0 Å². The Morgan fingerprint density at radius 1 is 1.53 bits per heavy atom. The van der Waals surface area contributed by atoms with Gasteiger partial charge in [-0.2, -0.15) is 0 Å². The maximum absolute atomic E-state index is 11.2. The molecule has 0 aliphatic rings. The normalized spacial score (nSPS) is 10.8. The molecule has 0 saturated carbocycles. The topological polar surface area (TPSA) is 43.1 Å². The van der Waals surface area contributed by atoms with Crippen LogP contribution in [0.15, 0.2) is 24.3 Å². The molecule has 0 atom stereocenters. The van der Waals surface area contributed by atoms with E-state index in [1.807, 2.05) is 18.2 Å². The molecule has 0 heterocycles. The lowest BCUT2D eigenvalue weighted by Gasteiger charge is -2.02. The number of alkyl halides is 1. The van der Waals surface area contributed by atoms with E-state index in [-0.39, 0.29) is 5.78 Å². The van der Waals surface area contributed by atoms with Gasteiger partial charge in [0.1, 0.15) is 0 Å². The van der Waals surface area contributed by atoms with Gasteiger partial charge < -0.3 is 5.73 Å². The number of ketones is 1. The van der Waals surface area contributed by atoms with E-state index in [0.29, 0.717) is 11.3 Å². The maximum Gasteiger partial charge on any atom is 0.161 e. The number of nitrogen functional groups attached to an aromatic ring is 1. The summed E-state index contributed by atoms with van der Waals surface area (Å²) in [5.41, 5.74) is 7.84. The highest BCUT2D eigenvalue weighted by molar-refractivity contribution is 9.09. The number of nitrogens with two attached hydrogens (primary N) is 1. The van der Waals surface area contributed by atoms with E-state index in [1.54, 1.807) is 6.07 Å². The summed E-state index contributed by atoms with van der Waals surface area (Å²) in [5, 5.41) is 0.942. The number of hydrogen-bond donors (Lipinski definition) is 1. The second kappa shape index (κ2) is 5.71. The number of halogens is 1. The summed E-state index contributed by atoms with van der Waals surface area (Å²) in [6.07, 6.45) is 5.02. The lowest BCUT2D eigenvalue weighted by atomic mass is 10.1. The number of benzene rings is 1. The molecule has 0 spiro atoms. The Morgan fingerprint density at radius 2 is 2.27 bits per heavy atom. The fourth-order valence-electron chi connectivity index (χ4n) is 1.26. The van der Waals surface area contributed by atoms with Gasteiger partial charge in [0.25, 0.3) is 0 Å². The number of Topliss-reactive ketones (excluding diaryl/α,β-unsaturated/α-hetero) is 1. The van der Waals surface area contributed by atoms with Crippen LogP contribution in [0, 0.1) is 0 Å². The van der Waals surface area contributed by atoms with Crippen molar-refractivity contribution in [3.05, 3.63) is 35.4 Å². The van der Waals surface area contributed by atoms with Gasteiger partial charge >= 0.3 is 0 Å². The molecule has 1 aromatic carbocycles. The third kappa shape index (κ3) is 3.51. The number of allylic oxidation sites excluding steroid dienone is 1. The Kier molecular flexibility index (Phi) is 4.56. The summed E-state index contributed by atoms with van der Waals surface area (Å²) in [6, 6.07) is 5.50. The molecule has 2 nitrogen and oxygen atoms in total. The van der Waals surface area contributed by atoms with Crippen LogP contribution < -0.4 is 5.73 Å². The second-order valence-corrected chi connectivity index (χ2v) is 4.08. The van der Waals surface area contributed by atoms with Gasteiger partial charge in [0, 0.05) is 16.6 Å². The highest BCUT2D eigenvalue weighted by Crippen LogP contribution is 2.16. The van der Waals surface area contributed by atoms with Gasteiger partial charge in [-0.05, 0) is 31.0 Å². The molecule has 80 valence electrons. The molecule has 0 bridgehead atoms. The summed E-state index contributed by atoms with van der Waals surface area (Å²) in [4.78, 5) is 11.2. The zero-order valence-electron chi connectivity index (χ0n) is 8.66. The monoisotopic (exact) mass is 267 g/mol. The first-order valence-electron chi connectivity index (χ1n) is 4.78. The van der Waals surface area contributed by atoms with Crippen LogP contribution in [0.25, 0.3) is 6.08 Å². The van der Waals surface area contributed by atoms with E-state index in [1.165, 1.54) is 6.92 Å². The van der Waals surface area contributed by atoms with E-state index in [9.17, 15) is 4.79 Å². The number of carbonyl (C=O) groups excluding carboxylic acids is 1. The number of anilines is 1. The van der Waals surface area contributed by atoms with Crippen molar-refractivity contribution in [1.82, 2.24) is 0 Å². The fourth-order valence-corrected chi connectivity index (χ4v) is 1.53. The summed E-state index contributed by atoms with van der Waals surface area (Å²) >= 11 is 3.35. The smallest absolute Gasteiger partial charge is 0.161 e. The Balaban J connectivity index is 2.92. The quantitative estimate of drug-likeness (QED) is 0.517. The molecule has 3 heteroatoms. The van der Waals surface area contributed by atoms with Gasteiger partial charge in [0.2, 0.25) is 0 Å². The average Bonchev–Trinajstić information content (AvgIpc) is 2.20. The molecule has 0 unspecified atom stereocenters. The molecule has 0 aliphatic heterocycles. The summed E-state index contributed by atoms with van der Waals surface area (Å²) in [6.45, 7) is 1.53. The van der Waals surface area contributed by atoms with Crippen LogP contribution in [0.1, 0.15) is 29.3 Å². The van der Waals surface area contributed by atoms with Crippen LogP contribution in [0.2, 0.25) is 0 Å². The van der Waals surface area contributed by atoms with Crippen LogP contribution in [-0.4, -0.2) is 11.1 Å². The summed E-state index contributed by atoms with van der Waals surface area (Å²) in [7, 11) is 0. The Morgan fingerprint density at radius 3 is 2.87 bits per heavy atom. The lowest BCUT2D eigenvalue weighted by Crippen LogP contribution is -1.99. The largest absolute Gasteiger partial charge is 0.398 e. The SMILES string of the molecule is CC(=O)c1cc(C=CCCBr)ccc1N. The summed E-state index contributed by atoms with van der Waals surface area (Å²) < 4.78 is 0. The van der Waals surface area contributed by atoms with Crippen LogP contribution >= 0.6 is 15.9 Å². The Labute approximate surface area is 98.3 Å². The van der Waals surface area contributed by atoms with E-state index >= 15 is 0 Å². The highest BCUT2D eigenvalue weighted by atomic mass is 79.9. The van der Waals surface area contributed by atoms with Crippen molar-refractivity contribution in [1.29, 1.82) is 0 Å². The third-order valence-corrected chi connectivity index (χ3v) is 2.50. The van der Waals surface area contributed by atoms with Crippen LogP contribution in [-0.2, 0) is 0 Å². The van der Waals surface area contributed by atoms with Gasteiger partial charge in [-0.3, -0.25) is 4.79 Å². The molecule has 2 N–H and O–H groups in total. The standard InChI is InChI=1S/C12H14BrNO/c1-9(15)11-8-10(4-2-3-7-13)5-6-12(11)14/h2,4-6,8H,3,7,14H2,1H3. The van der Waals surface area contributed by atoms with Crippen molar-refractivity contribution in [3.63, 3.8) is 0 Å². The molecular weight excluding hydrogens is 254 g/mol. The minimum Gasteiger partial charge on any atom is -0.398 e. The van der Waals surface area contributed by atoms with Crippen molar-refractivity contribution in [2.24, 2.45) is 0 Å². The first-order valence-corrected chi connectivity index (χ1v) is 5.90. The zero-order valence-corrected chi connectivity index (χ0v) is 10.3. The van der Waals surface area contributed by atoms with Crippen molar-refractivity contribution in [2.75, 3.05) is 11.1 Å². The number of carbonyl (C=O) groups is 1. The number of rotatable bonds is 4. The van der Waals surface area contributed by atoms with Gasteiger partial charge in [-0.1, -0.05) is 34.1 Å². The fraction of sp³-hybridized carbons (Fsp3) is 0.250. The molecular formula is C12H14BrNO. The zero-order chi connectivity index (χ0) is 11.3. The minimum atomic E-state index is 0.00300. The van der Waals surface area contributed by atoms with Crippen LogP contribution in [0.5, 0.6) is 0 Å². The molecule has 0 saturated heterocycles. The van der Waals surface area contributed by atoms with Crippen molar-refractivity contribution in [2.45, 2.75) is 13.3 Å². The average molecular weight is 268 g/mol. The van der Waals surface area contributed by atoms with Gasteiger partial charge in [0.15, 0.2) is 5.78 Å². The molecule has 0 radical (unpaired) electrons. The van der Waals surface area contributed by atoms with Gasteiger partial charge in [0.05, 0.1) is 0 Å². The minimum absolute atomic E-state index is 0.00300. The van der Waals surface area contributed by atoms with Crippen molar-refractivity contribution in [3.8, 4) is 0 Å². The molecule has 1 rings (SSSR count). The van der Waals surface area contributed by atoms with Crippen LogP contribution in [0.4, 0.5) is 5.69 Å². The van der Waals surface area contributed by atoms with Gasteiger partial charge in [-0.25, -0.2) is 0 Å². The Bertz CT molecular complexity index is 385. The van der Waals surface area contributed by atoms with E-state index < -0.39 is 0 Å². The molecule has 15 heavy (non-hydrogen) atoms. The molecule has 0 fully saturated rings. The van der Waals surface area contributed by atoms with Crippen molar-refractivity contribution < 1.29 is 4.79 Å². The first-order chi connectivity index (χ1) is 7.15. The lowest BCUT2D eigenvalue weighted by molar-refractivity contribution is 0.101. The third-order valence-electron chi connectivity index (χ3n) is 2.04. The highest BCUT2D eigenvalue weighted by Gasteiger charge is 2.03. The van der Waals surface area contributed by atoms with Gasteiger partial charge in [-0.15, -0.1) is 0 Å². The van der Waals surface area contributed by atoms with Crippen molar-refractivity contribution >= 4 is 33.5 Å². The maximum atomic E-state index is 11.2. The van der Waals surface area contributed by atoms with E-state index in [0.717, 1.165) is 17.3 Å².